The minimum atomic E-state index is -1.04. The van der Waals surface area contributed by atoms with Gasteiger partial charge in [-0.1, -0.05) is 6.92 Å². The van der Waals surface area contributed by atoms with E-state index in [9.17, 15) is 19.3 Å². The average Bonchev–Trinajstić information content (AvgIpc) is 2.29. The van der Waals surface area contributed by atoms with Crippen LogP contribution in [-0.2, 0) is 4.79 Å². The Kier molecular flexibility index (Phi) is 4.66. The number of carboxylic acid groups (broad SMARTS) is 1. The first kappa shape index (κ1) is 14.4. The summed E-state index contributed by atoms with van der Waals surface area (Å²) in [6, 6.07) is 2.13. The van der Waals surface area contributed by atoms with Gasteiger partial charge in [-0.3, -0.25) is 14.9 Å². The largest absolute Gasteiger partial charge is 0.480 e. The standard InChI is InChI=1S/C11H12FNO4S/c1-3-9(11(14)15)18-10-4-6(2)7(12)5-8(10)13(16)17/h4-5,9H,3H2,1-2H3,(H,14,15). The van der Waals surface area contributed by atoms with Crippen molar-refractivity contribution in [2.75, 3.05) is 0 Å². The molecule has 0 radical (unpaired) electrons. The molecule has 0 heterocycles. The zero-order valence-corrected chi connectivity index (χ0v) is 10.7. The van der Waals surface area contributed by atoms with Crippen LogP contribution in [0.4, 0.5) is 10.1 Å². The van der Waals surface area contributed by atoms with Crippen molar-refractivity contribution in [3.63, 3.8) is 0 Å². The van der Waals surface area contributed by atoms with Gasteiger partial charge >= 0.3 is 5.97 Å². The van der Waals surface area contributed by atoms with E-state index in [1.165, 1.54) is 13.0 Å². The Labute approximate surface area is 107 Å². The van der Waals surface area contributed by atoms with Crippen molar-refractivity contribution in [2.24, 2.45) is 0 Å². The van der Waals surface area contributed by atoms with Gasteiger partial charge in [-0.25, -0.2) is 4.39 Å². The molecule has 0 bridgehead atoms. The van der Waals surface area contributed by atoms with Crippen LogP contribution in [0.5, 0.6) is 0 Å². The molecule has 0 amide bonds. The van der Waals surface area contributed by atoms with Gasteiger partial charge < -0.3 is 5.11 Å². The molecule has 18 heavy (non-hydrogen) atoms. The first-order chi connectivity index (χ1) is 8.36. The lowest BCUT2D eigenvalue weighted by Crippen LogP contribution is -2.15. The minimum absolute atomic E-state index is 0.174. The lowest BCUT2D eigenvalue weighted by molar-refractivity contribution is -0.387. The van der Waals surface area contributed by atoms with Crippen LogP contribution in [0, 0.1) is 22.9 Å². The third-order valence-corrected chi connectivity index (χ3v) is 3.75. The number of nitro benzene ring substituents is 1. The summed E-state index contributed by atoms with van der Waals surface area (Å²) in [7, 11) is 0. The van der Waals surface area contributed by atoms with Crippen molar-refractivity contribution in [3.05, 3.63) is 33.6 Å². The van der Waals surface area contributed by atoms with Crippen molar-refractivity contribution < 1.29 is 19.2 Å². The maximum Gasteiger partial charge on any atom is 0.316 e. The summed E-state index contributed by atoms with van der Waals surface area (Å²) >= 11 is 0.867. The SMILES string of the molecule is CCC(Sc1cc(C)c(F)cc1[N+](=O)[O-])C(=O)O. The zero-order chi connectivity index (χ0) is 13.9. The first-order valence-corrected chi connectivity index (χ1v) is 6.08. The highest BCUT2D eigenvalue weighted by Gasteiger charge is 2.23. The number of nitro groups is 1. The van der Waals surface area contributed by atoms with Gasteiger partial charge in [0.2, 0.25) is 0 Å². The molecule has 5 nitrogen and oxygen atoms in total. The maximum atomic E-state index is 13.3. The number of halogens is 1. The zero-order valence-electron chi connectivity index (χ0n) is 9.84. The number of aryl methyl sites for hydroxylation is 1. The molecule has 1 atom stereocenters. The Balaban J connectivity index is 3.18. The van der Waals surface area contributed by atoms with Crippen molar-refractivity contribution in [1.82, 2.24) is 0 Å². The topological polar surface area (TPSA) is 80.4 Å². The average molecular weight is 273 g/mol. The monoisotopic (exact) mass is 273 g/mol. The molecule has 7 heteroatoms. The second-order valence-electron chi connectivity index (χ2n) is 3.68. The quantitative estimate of drug-likeness (QED) is 0.506. The minimum Gasteiger partial charge on any atom is -0.480 e. The molecular weight excluding hydrogens is 261 g/mol. The van der Waals surface area contributed by atoms with Gasteiger partial charge in [0.25, 0.3) is 5.69 Å². The number of hydrogen-bond acceptors (Lipinski definition) is 4. The Morgan fingerprint density at radius 2 is 2.22 bits per heavy atom. The number of hydrogen-bond donors (Lipinski definition) is 1. The van der Waals surface area contributed by atoms with Crippen LogP contribution in [0.15, 0.2) is 17.0 Å². The van der Waals surface area contributed by atoms with Gasteiger partial charge in [0.15, 0.2) is 0 Å². The van der Waals surface area contributed by atoms with Gasteiger partial charge in [-0.05, 0) is 25.0 Å². The van der Waals surface area contributed by atoms with Gasteiger partial charge in [0, 0.05) is 0 Å². The number of carboxylic acids is 1. The molecule has 1 rings (SSSR count). The summed E-state index contributed by atoms with van der Waals surface area (Å²) in [5.41, 5.74) is -0.147. The van der Waals surface area contributed by atoms with Crippen LogP contribution in [0.25, 0.3) is 0 Å². The van der Waals surface area contributed by atoms with Crippen molar-refractivity contribution in [2.45, 2.75) is 30.4 Å². The van der Waals surface area contributed by atoms with Crippen LogP contribution >= 0.6 is 11.8 Å². The van der Waals surface area contributed by atoms with E-state index < -0.39 is 27.6 Å². The lowest BCUT2D eigenvalue weighted by Gasteiger charge is -2.10. The molecule has 0 fully saturated rings. The molecule has 1 aromatic carbocycles. The Bertz CT molecular complexity index is 492. The molecular formula is C11H12FNO4S. The summed E-state index contributed by atoms with van der Waals surface area (Å²) in [5, 5.41) is 18.9. The van der Waals surface area contributed by atoms with Crippen LogP contribution in [0.1, 0.15) is 18.9 Å². The van der Waals surface area contributed by atoms with Crippen molar-refractivity contribution in [3.8, 4) is 0 Å². The van der Waals surface area contributed by atoms with Crippen LogP contribution in [-0.4, -0.2) is 21.2 Å². The number of nitrogens with zero attached hydrogens (tertiary/aromatic N) is 1. The van der Waals surface area contributed by atoms with Crippen LogP contribution in [0.2, 0.25) is 0 Å². The molecule has 1 N–H and O–H groups in total. The highest BCUT2D eigenvalue weighted by molar-refractivity contribution is 8.00. The molecule has 0 spiro atoms. The van der Waals surface area contributed by atoms with E-state index in [0.717, 1.165) is 17.8 Å². The lowest BCUT2D eigenvalue weighted by atomic mass is 10.2. The maximum absolute atomic E-state index is 13.3. The van der Waals surface area contributed by atoms with E-state index in [1.54, 1.807) is 6.92 Å². The smallest absolute Gasteiger partial charge is 0.316 e. The van der Waals surface area contributed by atoms with E-state index in [4.69, 9.17) is 5.11 Å². The van der Waals surface area contributed by atoms with Crippen LogP contribution < -0.4 is 0 Å². The number of benzene rings is 1. The predicted octanol–water partition coefficient (Wildman–Crippen LogP) is 3.00. The van der Waals surface area contributed by atoms with Crippen molar-refractivity contribution in [1.29, 1.82) is 0 Å². The Hall–Kier alpha value is -1.63. The normalized spacial score (nSPS) is 12.2. The molecule has 0 aliphatic carbocycles. The van der Waals surface area contributed by atoms with E-state index in [1.807, 2.05) is 0 Å². The molecule has 1 unspecified atom stereocenters. The molecule has 98 valence electrons. The van der Waals surface area contributed by atoms with E-state index in [0.29, 0.717) is 6.42 Å². The third-order valence-electron chi connectivity index (χ3n) is 2.35. The first-order valence-electron chi connectivity index (χ1n) is 5.20. The molecule has 1 aromatic rings. The van der Waals surface area contributed by atoms with Gasteiger partial charge in [0.05, 0.1) is 15.9 Å². The third kappa shape index (κ3) is 3.19. The molecule has 0 aliphatic heterocycles. The Morgan fingerprint density at radius 3 is 2.67 bits per heavy atom. The predicted molar refractivity (Wildman–Crippen MR) is 65.4 cm³/mol. The fourth-order valence-corrected chi connectivity index (χ4v) is 2.42. The van der Waals surface area contributed by atoms with Gasteiger partial charge in [0.1, 0.15) is 11.1 Å². The van der Waals surface area contributed by atoms with Gasteiger partial charge in [-0.2, -0.15) is 0 Å². The van der Waals surface area contributed by atoms with Gasteiger partial charge in [-0.15, -0.1) is 11.8 Å². The number of thioether (sulfide) groups is 1. The summed E-state index contributed by atoms with van der Waals surface area (Å²) in [5.74, 6) is -1.71. The highest BCUT2D eigenvalue weighted by atomic mass is 32.2. The molecule has 0 aliphatic rings. The molecule has 0 aromatic heterocycles. The highest BCUT2D eigenvalue weighted by Crippen LogP contribution is 2.35. The summed E-state index contributed by atoms with van der Waals surface area (Å²) in [4.78, 5) is 21.2. The number of aliphatic carboxylic acids is 1. The molecule has 0 saturated heterocycles. The Morgan fingerprint density at radius 1 is 1.61 bits per heavy atom. The van der Waals surface area contributed by atoms with Crippen LogP contribution in [0.3, 0.4) is 0 Å². The second-order valence-corrected chi connectivity index (χ2v) is 4.92. The fraction of sp³-hybridized carbons (Fsp3) is 0.364. The second kappa shape index (κ2) is 5.81. The summed E-state index contributed by atoms with van der Waals surface area (Å²) < 4.78 is 13.3. The summed E-state index contributed by atoms with van der Waals surface area (Å²) in [6.07, 6.45) is 0.327. The molecule has 0 saturated carbocycles. The fourth-order valence-electron chi connectivity index (χ4n) is 1.34. The summed E-state index contributed by atoms with van der Waals surface area (Å²) in [6.45, 7) is 3.15. The van der Waals surface area contributed by atoms with Crippen molar-refractivity contribution >= 4 is 23.4 Å². The van der Waals surface area contributed by atoms with E-state index in [2.05, 4.69) is 0 Å². The van der Waals surface area contributed by atoms with E-state index >= 15 is 0 Å². The number of rotatable bonds is 5. The number of carbonyl (C=O) groups is 1. The van der Waals surface area contributed by atoms with E-state index in [-0.39, 0.29) is 10.5 Å².